The van der Waals surface area contributed by atoms with Crippen molar-refractivity contribution in [3.05, 3.63) is 158 Å². The van der Waals surface area contributed by atoms with Gasteiger partial charge in [0.25, 0.3) is 17.7 Å². The number of ether oxygens (including phenoxy) is 1. The Morgan fingerprint density at radius 3 is 1.77 bits per heavy atom. The lowest BCUT2D eigenvalue weighted by Crippen LogP contribution is -2.52. The molecule has 0 spiro atoms. The fourth-order valence-electron chi connectivity index (χ4n) is 7.39. The van der Waals surface area contributed by atoms with Crippen molar-refractivity contribution >= 4 is 52.4 Å². The molecule has 0 N–H and O–H groups in total. The molecule has 0 radical (unpaired) electrons. The molecule has 3 amide bonds. The molecule has 5 aromatic rings. The summed E-state index contributed by atoms with van der Waals surface area (Å²) in [6.07, 6.45) is 0. The van der Waals surface area contributed by atoms with Crippen LogP contribution >= 0.6 is 22.9 Å². The minimum atomic E-state index is -0.752. The first-order chi connectivity index (χ1) is 23.3. The normalized spacial score (nSPS) is 20.1. The fraction of sp³-hybridized carbons (Fsp3) is 0.132. The standard InChI is InChI=1S/C38H25ClN2O6S/c39-28-13-6-5-12-27(28)35(43)40(20-29(42)21-15-17-22(18-16-21)47-38(46)30-14-7-19-48-30)41-36(44)33-31-23-8-1-2-9-24(23)32(34(33)37(41)45)26-11-4-3-10-25(26)31/h1-19,31-34H,20H2/t31?,32?,33-,34-/m0/s1. The quantitative estimate of drug-likeness (QED) is 0.0821. The number of Topliss-reactive ketones (excluding diaryl/α,β-unsaturated/α-hetero) is 1. The Bertz CT molecular complexity index is 2030. The molecule has 48 heavy (non-hydrogen) atoms. The molecule has 4 aliphatic rings. The molecule has 3 aliphatic carbocycles. The highest BCUT2D eigenvalue weighted by Gasteiger charge is 2.63. The first-order valence-corrected chi connectivity index (χ1v) is 16.6. The van der Waals surface area contributed by atoms with E-state index < -0.39 is 47.9 Å². The molecule has 236 valence electrons. The van der Waals surface area contributed by atoms with Gasteiger partial charge in [-0.3, -0.25) is 19.2 Å². The van der Waals surface area contributed by atoms with Gasteiger partial charge >= 0.3 is 5.97 Å². The molecule has 2 atom stereocenters. The molecule has 1 aliphatic heterocycles. The predicted molar refractivity (Wildman–Crippen MR) is 178 cm³/mol. The maximum Gasteiger partial charge on any atom is 0.353 e. The minimum absolute atomic E-state index is 0.0489. The van der Waals surface area contributed by atoms with Crippen molar-refractivity contribution in [2.75, 3.05) is 6.54 Å². The van der Waals surface area contributed by atoms with Gasteiger partial charge in [0.15, 0.2) is 5.78 Å². The third-order valence-electron chi connectivity index (χ3n) is 9.41. The van der Waals surface area contributed by atoms with Crippen molar-refractivity contribution in [2.45, 2.75) is 11.8 Å². The monoisotopic (exact) mass is 672 g/mol. The second kappa shape index (κ2) is 11.7. The Hall–Kier alpha value is -5.38. The third-order valence-corrected chi connectivity index (χ3v) is 10.6. The maximum absolute atomic E-state index is 14.5. The van der Waals surface area contributed by atoms with Crippen molar-refractivity contribution in [1.29, 1.82) is 0 Å². The van der Waals surface area contributed by atoms with Crippen LogP contribution in [-0.2, 0) is 9.59 Å². The van der Waals surface area contributed by atoms with Gasteiger partial charge in [0.1, 0.15) is 17.2 Å². The molecule has 2 heterocycles. The smallest absolute Gasteiger partial charge is 0.353 e. The lowest BCUT2D eigenvalue weighted by Gasteiger charge is -2.45. The van der Waals surface area contributed by atoms with Crippen LogP contribution in [0.4, 0.5) is 0 Å². The molecule has 8 nitrogen and oxygen atoms in total. The van der Waals surface area contributed by atoms with Crippen LogP contribution in [0.15, 0.2) is 115 Å². The highest BCUT2D eigenvalue weighted by Crippen LogP contribution is 2.61. The van der Waals surface area contributed by atoms with Crippen LogP contribution < -0.4 is 4.74 Å². The number of hydrogen-bond acceptors (Lipinski definition) is 7. The number of nitrogens with zero attached hydrogens (tertiary/aromatic N) is 2. The first-order valence-electron chi connectivity index (χ1n) is 15.3. The van der Waals surface area contributed by atoms with Crippen LogP contribution in [0.25, 0.3) is 0 Å². The van der Waals surface area contributed by atoms with Crippen LogP contribution in [0, 0.1) is 11.8 Å². The van der Waals surface area contributed by atoms with E-state index in [9.17, 15) is 24.0 Å². The summed E-state index contributed by atoms with van der Waals surface area (Å²) in [6.45, 7) is -0.607. The SMILES string of the molecule is O=C(CN(C(=O)c1ccccc1Cl)N1C(=O)[C@H]2C3c4ccccc4C(c4ccccc43)[C@@H]2C1=O)c1ccc(OC(=O)c2cccs2)cc1. The van der Waals surface area contributed by atoms with Gasteiger partial charge in [-0.05, 0) is 70.1 Å². The summed E-state index contributed by atoms with van der Waals surface area (Å²) in [5.41, 5.74) is 4.21. The van der Waals surface area contributed by atoms with Gasteiger partial charge in [-0.2, -0.15) is 5.01 Å². The second-order valence-corrected chi connectivity index (χ2v) is 13.3. The molecule has 1 aromatic heterocycles. The number of benzene rings is 4. The maximum atomic E-state index is 14.5. The van der Waals surface area contributed by atoms with Gasteiger partial charge in [-0.1, -0.05) is 78.3 Å². The highest BCUT2D eigenvalue weighted by molar-refractivity contribution is 7.12. The van der Waals surface area contributed by atoms with E-state index in [-0.39, 0.29) is 33.7 Å². The molecule has 0 unspecified atom stereocenters. The van der Waals surface area contributed by atoms with E-state index >= 15 is 0 Å². The van der Waals surface area contributed by atoms with Crippen LogP contribution in [0.3, 0.4) is 0 Å². The zero-order valence-corrected chi connectivity index (χ0v) is 26.7. The molecular weight excluding hydrogens is 648 g/mol. The van der Waals surface area contributed by atoms with E-state index in [4.69, 9.17) is 16.3 Å². The van der Waals surface area contributed by atoms with Gasteiger partial charge in [0, 0.05) is 17.4 Å². The summed E-state index contributed by atoms with van der Waals surface area (Å²) in [5, 5.41) is 3.70. The molecule has 2 bridgehead atoms. The van der Waals surface area contributed by atoms with Crippen molar-refractivity contribution in [2.24, 2.45) is 11.8 Å². The van der Waals surface area contributed by atoms with E-state index in [0.29, 0.717) is 4.88 Å². The number of hydrazine groups is 1. The lowest BCUT2D eigenvalue weighted by molar-refractivity contribution is -0.154. The largest absolute Gasteiger partial charge is 0.422 e. The van der Waals surface area contributed by atoms with E-state index in [1.807, 2.05) is 48.5 Å². The van der Waals surface area contributed by atoms with Crippen LogP contribution in [0.2, 0.25) is 5.02 Å². The Labute approximate surface area is 284 Å². The average molecular weight is 673 g/mol. The van der Waals surface area contributed by atoms with E-state index in [0.717, 1.165) is 32.3 Å². The number of halogens is 1. The van der Waals surface area contributed by atoms with Crippen molar-refractivity contribution < 1.29 is 28.7 Å². The topological polar surface area (TPSA) is 101 Å². The van der Waals surface area contributed by atoms with Crippen molar-refractivity contribution in [3.8, 4) is 5.75 Å². The summed E-state index contributed by atoms with van der Waals surface area (Å²) >= 11 is 7.68. The summed E-state index contributed by atoms with van der Waals surface area (Å²) in [7, 11) is 0. The Morgan fingerprint density at radius 1 is 0.708 bits per heavy atom. The second-order valence-electron chi connectivity index (χ2n) is 11.9. The lowest BCUT2D eigenvalue weighted by atomic mass is 9.55. The number of carbonyl (C=O) groups is 5. The number of thiophene rings is 1. The predicted octanol–water partition coefficient (Wildman–Crippen LogP) is 6.75. The summed E-state index contributed by atoms with van der Waals surface area (Å²) < 4.78 is 5.41. The van der Waals surface area contributed by atoms with Gasteiger partial charge in [-0.15, -0.1) is 11.3 Å². The molecule has 4 aromatic carbocycles. The Balaban J connectivity index is 1.14. The highest BCUT2D eigenvalue weighted by atomic mass is 35.5. The van der Waals surface area contributed by atoms with E-state index in [1.54, 1.807) is 29.6 Å². The van der Waals surface area contributed by atoms with Gasteiger partial charge in [0.05, 0.1) is 22.4 Å². The van der Waals surface area contributed by atoms with Gasteiger partial charge in [0.2, 0.25) is 0 Å². The number of ketones is 1. The molecule has 1 saturated heterocycles. The third kappa shape index (κ3) is 4.69. The summed E-state index contributed by atoms with van der Waals surface area (Å²) in [5.74, 6) is -4.90. The summed E-state index contributed by atoms with van der Waals surface area (Å²) in [4.78, 5) is 69.8. The Morgan fingerprint density at radius 2 is 1.25 bits per heavy atom. The number of imide groups is 1. The molecule has 0 saturated carbocycles. The van der Waals surface area contributed by atoms with Crippen molar-refractivity contribution in [1.82, 2.24) is 10.0 Å². The van der Waals surface area contributed by atoms with E-state index in [2.05, 4.69) is 0 Å². The molecule has 10 heteroatoms. The number of hydrogen-bond donors (Lipinski definition) is 0. The molecule has 1 fully saturated rings. The number of esters is 1. The molecular formula is C38H25ClN2O6S. The molecule has 9 rings (SSSR count). The number of amides is 3. The minimum Gasteiger partial charge on any atom is -0.422 e. The number of carbonyl (C=O) groups excluding carboxylic acids is 5. The van der Waals surface area contributed by atoms with Crippen LogP contribution in [-0.4, -0.2) is 46.0 Å². The first kappa shape index (κ1) is 30.0. The van der Waals surface area contributed by atoms with Gasteiger partial charge in [-0.25, -0.2) is 9.80 Å². The number of rotatable bonds is 7. The Kier molecular flexibility index (Phi) is 7.31. The average Bonchev–Trinajstić information content (AvgIpc) is 3.75. The van der Waals surface area contributed by atoms with Crippen LogP contribution in [0.1, 0.15) is 64.5 Å². The summed E-state index contributed by atoms with van der Waals surface area (Å²) in [6, 6.07) is 31.3. The zero-order chi connectivity index (χ0) is 33.1. The fourth-order valence-corrected chi connectivity index (χ4v) is 8.21. The van der Waals surface area contributed by atoms with Crippen LogP contribution in [0.5, 0.6) is 5.75 Å². The zero-order valence-electron chi connectivity index (χ0n) is 25.1. The van der Waals surface area contributed by atoms with E-state index in [1.165, 1.54) is 47.7 Å². The van der Waals surface area contributed by atoms with Crippen molar-refractivity contribution in [3.63, 3.8) is 0 Å². The van der Waals surface area contributed by atoms with Gasteiger partial charge < -0.3 is 4.74 Å².